The lowest BCUT2D eigenvalue weighted by molar-refractivity contribution is 0.108. The van der Waals surface area contributed by atoms with Gasteiger partial charge in [0.05, 0.1) is 11.2 Å². The summed E-state index contributed by atoms with van der Waals surface area (Å²) in [5, 5.41) is 0.853. The predicted molar refractivity (Wildman–Crippen MR) is 106 cm³/mol. The zero-order valence-corrected chi connectivity index (χ0v) is 15.9. The number of aromatic nitrogens is 1. The highest BCUT2D eigenvalue weighted by molar-refractivity contribution is 6.68. The van der Waals surface area contributed by atoms with Crippen LogP contribution in [0.4, 0.5) is 0 Å². The fourth-order valence-corrected chi connectivity index (χ4v) is 3.31. The van der Waals surface area contributed by atoms with Crippen LogP contribution in [0.15, 0.2) is 42.5 Å². The van der Waals surface area contributed by atoms with E-state index in [0.29, 0.717) is 22.0 Å². The van der Waals surface area contributed by atoms with Crippen LogP contribution in [0.2, 0.25) is 5.02 Å². The highest BCUT2D eigenvalue weighted by atomic mass is 35.5. The van der Waals surface area contributed by atoms with E-state index >= 15 is 0 Å². The molecule has 128 valence electrons. The Bertz CT molecular complexity index is 946. The van der Waals surface area contributed by atoms with Crippen LogP contribution in [0.3, 0.4) is 0 Å². The number of carbonyl (C=O) groups is 1. The second-order valence-corrected chi connectivity index (χ2v) is 7.44. The highest BCUT2D eigenvalue weighted by Crippen LogP contribution is 2.31. The lowest BCUT2D eigenvalue weighted by Crippen LogP contribution is -1.98. The number of benzene rings is 2. The van der Waals surface area contributed by atoms with Crippen molar-refractivity contribution in [3.63, 3.8) is 0 Å². The van der Waals surface area contributed by atoms with Crippen LogP contribution < -0.4 is 0 Å². The number of halogens is 2. The van der Waals surface area contributed by atoms with Gasteiger partial charge in [-0.1, -0.05) is 55.8 Å². The van der Waals surface area contributed by atoms with E-state index in [4.69, 9.17) is 28.2 Å². The number of carbonyl (C=O) groups excluding carboxylic acids is 1. The van der Waals surface area contributed by atoms with Gasteiger partial charge < -0.3 is 0 Å². The largest absolute Gasteiger partial charge is 0.276 e. The van der Waals surface area contributed by atoms with Crippen molar-refractivity contribution in [1.29, 1.82) is 0 Å². The van der Waals surface area contributed by atoms with Crippen LogP contribution in [0.25, 0.3) is 22.2 Å². The topological polar surface area (TPSA) is 30.0 Å². The van der Waals surface area contributed by atoms with Crippen LogP contribution in [0.5, 0.6) is 0 Å². The Kier molecular flexibility index (Phi) is 5.12. The zero-order valence-electron chi connectivity index (χ0n) is 14.4. The maximum absolute atomic E-state index is 11.9. The van der Waals surface area contributed by atoms with Crippen LogP contribution in [0.1, 0.15) is 35.3 Å². The standard InChI is InChI=1S/C21H19Cl2NO/c1-12(2)10-14-4-6-15(7-5-14)19-11-17(21(23)25)16-8-9-18(22)13(3)20(16)24-19/h4-9,11-12H,10H2,1-3H3. The number of rotatable bonds is 4. The minimum atomic E-state index is -0.494. The number of nitrogens with zero attached hydrogens (tertiary/aromatic N) is 1. The molecule has 0 fully saturated rings. The summed E-state index contributed by atoms with van der Waals surface area (Å²) in [5.41, 5.74) is 4.96. The van der Waals surface area contributed by atoms with E-state index in [1.807, 2.05) is 19.1 Å². The van der Waals surface area contributed by atoms with Crippen molar-refractivity contribution in [2.45, 2.75) is 27.2 Å². The quantitative estimate of drug-likeness (QED) is 0.493. The molecule has 0 aliphatic carbocycles. The molecule has 4 heteroatoms. The fourth-order valence-electron chi connectivity index (χ4n) is 3.00. The van der Waals surface area contributed by atoms with Crippen LogP contribution in [-0.4, -0.2) is 10.2 Å². The van der Waals surface area contributed by atoms with Gasteiger partial charge in [-0.2, -0.15) is 0 Å². The van der Waals surface area contributed by atoms with Crippen molar-refractivity contribution in [1.82, 2.24) is 4.98 Å². The SMILES string of the molecule is Cc1c(Cl)ccc2c(C(=O)Cl)cc(-c3ccc(CC(C)C)cc3)nc12. The molecule has 0 aliphatic heterocycles. The van der Waals surface area contributed by atoms with Crippen molar-refractivity contribution < 1.29 is 4.79 Å². The van der Waals surface area contributed by atoms with Crippen molar-refractivity contribution in [2.75, 3.05) is 0 Å². The number of pyridine rings is 1. The van der Waals surface area contributed by atoms with Gasteiger partial charge in [-0.3, -0.25) is 4.79 Å². The molecular weight excluding hydrogens is 353 g/mol. The second-order valence-electron chi connectivity index (χ2n) is 6.69. The molecule has 0 N–H and O–H groups in total. The molecule has 0 radical (unpaired) electrons. The van der Waals surface area contributed by atoms with Gasteiger partial charge >= 0.3 is 0 Å². The highest BCUT2D eigenvalue weighted by Gasteiger charge is 2.15. The first kappa shape index (κ1) is 17.9. The van der Waals surface area contributed by atoms with Gasteiger partial charge in [-0.05, 0) is 54.1 Å². The summed E-state index contributed by atoms with van der Waals surface area (Å²) in [4.78, 5) is 16.7. The molecule has 1 aromatic heterocycles. The molecule has 3 rings (SSSR count). The number of fused-ring (bicyclic) bond motifs is 1. The summed E-state index contributed by atoms with van der Waals surface area (Å²) < 4.78 is 0. The summed E-state index contributed by atoms with van der Waals surface area (Å²) in [6.07, 6.45) is 1.03. The molecule has 0 amide bonds. The lowest BCUT2D eigenvalue weighted by Gasteiger charge is -2.11. The third kappa shape index (κ3) is 3.70. The van der Waals surface area contributed by atoms with E-state index in [-0.39, 0.29) is 0 Å². The minimum Gasteiger partial charge on any atom is -0.276 e. The molecule has 2 aromatic carbocycles. The Morgan fingerprint density at radius 3 is 2.40 bits per heavy atom. The van der Waals surface area contributed by atoms with E-state index < -0.39 is 5.24 Å². The maximum Gasteiger partial charge on any atom is 0.253 e. The molecular formula is C21H19Cl2NO. The Morgan fingerprint density at radius 2 is 1.80 bits per heavy atom. The van der Waals surface area contributed by atoms with E-state index in [1.165, 1.54) is 5.56 Å². The molecule has 0 atom stereocenters. The third-order valence-electron chi connectivity index (χ3n) is 4.27. The molecule has 0 bridgehead atoms. The number of hydrogen-bond acceptors (Lipinski definition) is 2. The Hall–Kier alpha value is -1.90. The summed E-state index contributed by atoms with van der Waals surface area (Å²) in [6, 6.07) is 13.6. The van der Waals surface area contributed by atoms with Gasteiger partial charge in [0.2, 0.25) is 0 Å². The van der Waals surface area contributed by atoms with Crippen LogP contribution in [-0.2, 0) is 6.42 Å². The van der Waals surface area contributed by atoms with Gasteiger partial charge in [0.25, 0.3) is 5.24 Å². The van der Waals surface area contributed by atoms with Crippen molar-refractivity contribution in [3.8, 4) is 11.3 Å². The van der Waals surface area contributed by atoms with E-state index in [0.717, 1.165) is 28.6 Å². The normalized spacial score (nSPS) is 11.3. The van der Waals surface area contributed by atoms with Gasteiger partial charge in [0.1, 0.15) is 0 Å². The van der Waals surface area contributed by atoms with Crippen molar-refractivity contribution in [2.24, 2.45) is 5.92 Å². The van der Waals surface area contributed by atoms with E-state index in [9.17, 15) is 4.79 Å². The molecule has 0 unspecified atom stereocenters. The van der Waals surface area contributed by atoms with Gasteiger partial charge in [0, 0.05) is 21.5 Å². The number of hydrogen-bond donors (Lipinski definition) is 0. The average Bonchev–Trinajstić information content (AvgIpc) is 2.57. The monoisotopic (exact) mass is 371 g/mol. The molecule has 25 heavy (non-hydrogen) atoms. The smallest absolute Gasteiger partial charge is 0.253 e. The lowest BCUT2D eigenvalue weighted by atomic mass is 9.99. The summed E-state index contributed by atoms with van der Waals surface area (Å²) in [5.74, 6) is 0.606. The Balaban J connectivity index is 2.16. The van der Waals surface area contributed by atoms with Crippen molar-refractivity contribution in [3.05, 3.63) is 64.2 Å². The number of aryl methyl sites for hydroxylation is 1. The average molecular weight is 372 g/mol. The molecule has 2 nitrogen and oxygen atoms in total. The van der Waals surface area contributed by atoms with Crippen LogP contribution in [0, 0.1) is 12.8 Å². The molecule has 0 saturated carbocycles. The first-order chi connectivity index (χ1) is 11.9. The first-order valence-electron chi connectivity index (χ1n) is 8.26. The first-order valence-corrected chi connectivity index (χ1v) is 9.01. The van der Waals surface area contributed by atoms with Gasteiger partial charge in [0.15, 0.2) is 0 Å². The molecule has 1 heterocycles. The second kappa shape index (κ2) is 7.15. The van der Waals surface area contributed by atoms with E-state index in [2.05, 4.69) is 26.0 Å². The Morgan fingerprint density at radius 1 is 1.12 bits per heavy atom. The molecule has 0 saturated heterocycles. The maximum atomic E-state index is 11.9. The van der Waals surface area contributed by atoms with Crippen LogP contribution >= 0.6 is 23.2 Å². The molecule has 0 spiro atoms. The van der Waals surface area contributed by atoms with Crippen molar-refractivity contribution >= 4 is 39.3 Å². The molecule has 0 aliphatic rings. The summed E-state index contributed by atoms with van der Waals surface area (Å²) in [6.45, 7) is 6.29. The zero-order chi connectivity index (χ0) is 18.1. The van der Waals surface area contributed by atoms with Gasteiger partial charge in [-0.25, -0.2) is 4.98 Å². The fraction of sp³-hybridized carbons (Fsp3) is 0.238. The summed E-state index contributed by atoms with van der Waals surface area (Å²) >= 11 is 12.0. The van der Waals surface area contributed by atoms with E-state index in [1.54, 1.807) is 18.2 Å². The summed E-state index contributed by atoms with van der Waals surface area (Å²) in [7, 11) is 0. The van der Waals surface area contributed by atoms with Gasteiger partial charge in [-0.15, -0.1) is 0 Å². The molecule has 3 aromatic rings. The Labute approximate surface area is 157 Å². The third-order valence-corrected chi connectivity index (χ3v) is 4.89. The minimum absolute atomic E-state index is 0.452. The predicted octanol–water partition coefficient (Wildman–Crippen LogP) is 6.44.